The third-order valence-electron chi connectivity index (χ3n) is 4.07. The number of rotatable bonds is 4. The normalized spacial score (nSPS) is 11.5. The Morgan fingerprint density at radius 3 is 2.04 bits per heavy atom. The van der Waals surface area contributed by atoms with Crippen LogP contribution in [0.1, 0.15) is 5.56 Å². The van der Waals surface area contributed by atoms with Crippen LogP contribution >= 0.6 is 0 Å². The van der Waals surface area contributed by atoms with E-state index < -0.39 is 21.4 Å². The second-order valence-corrected chi connectivity index (χ2v) is 7.60. The van der Waals surface area contributed by atoms with E-state index in [9.17, 15) is 18.0 Å². The summed E-state index contributed by atoms with van der Waals surface area (Å²) in [7, 11) is -0.825. The number of hydrogen-bond donors (Lipinski definition) is 1. The molecule has 1 aromatic heterocycles. The minimum Gasteiger partial charge on any atom is -0.280 e. The van der Waals surface area contributed by atoms with E-state index in [1.807, 2.05) is 6.92 Å². The summed E-state index contributed by atoms with van der Waals surface area (Å²) in [5, 5.41) is 0. The highest BCUT2D eigenvalue weighted by Crippen LogP contribution is 2.18. The van der Waals surface area contributed by atoms with Gasteiger partial charge in [0.15, 0.2) is 0 Å². The van der Waals surface area contributed by atoms with E-state index in [0.29, 0.717) is 0 Å². The van der Waals surface area contributed by atoms with Crippen LogP contribution in [-0.2, 0) is 24.1 Å². The molecule has 0 spiro atoms. The van der Waals surface area contributed by atoms with Gasteiger partial charge in [0.1, 0.15) is 0 Å². The Bertz CT molecular complexity index is 1150. The van der Waals surface area contributed by atoms with E-state index in [4.69, 9.17) is 0 Å². The number of aryl methyl sites for hydroxylation is 1. The number of nitrogens with zero attached hydrogens (tertiary/aromatic N) is 3. The number of anilines is 1. The molecule has 26 heavy (non-hydrogen) atoms. The predicted octanol–water partition coefficient (Wildman–Crippen LogP) is 0.984. The fraction of sp³-hybridized carbons (Fsp3) is 0.176. The zero-order valence-corrected chi connectivity index (χ0v) is 15.3. The summed E-state index contributed by atoms with van der Waals surface area (Å²) < 4.78 is 30.8. The maximum atomic E-state index is 12.5. The van der Waals surface area contributed by atoms with Crippen LogP contribution in [0.3, 0.4) is 0 Å². The molecule has 3 aromatic rings. The molecule has 0 bridgehead atoms. The highest BCUT2D eigenvalue weighted by Gasteiger charge is 2.16. The molecule has 136 valence electrons. The molecule has 1 N–H and O–H groups in total. The van der Waals surface area contributed by atoms with Crippen LogP contribution in [0.5, 0.6) is 0 Å². The van der Waals surface area contributed by atoms with Crippen molar-refractivity contribution in [3.8, 4) is 5.69 Å². The first-order valence-corrected chi connectivity index (χ1v) is 9.24. The first-order chi connectivity index (χ1) is 12.2. The number of nitrogens with one attached hydrogen (secondary N) is 1. The molecule has 0 aliphatic heterocycles. The Morgan fingerprint density at radius 1 is 0.885 bits per heavy atom. The average Bonchev–Trinajstić information content (AvgIpc) is 2.78. The van der Waals surface area contributed by atoms with Crippen molar-refractivity contribution < 1.29 is 8.42 Å². The fourth-order valence-electron chi connectivity index (χ4n) is 2.49. The minimum absolute atomic E-state index is 0.126. The van der Waals surface area contributed by atoms with Gasteiger partial charge in [-0.25, -0.2) is 31.9 Å². The van der Waals surface area contributed by atoms with Crippen LogP contribution in [-0.4, -0.2) is 22.3 Å². The molecule has 0 aliphatic carbocycles. The van der Waals surface area contributed by atoms with E-state index in [0.717, 1.165) is 10.1 Å². The lowest BCUT2D eigenvalue weighted by Crippen LogP contribution is -2.26. The zero-order chi connectivity index (χ0) is 19.1. The highest BCUT2D eigenvalue weighted by molar-refractivity contribution is 7.92. The van der Waals surface area contributed by atoms with Crippen molar-refractivity contribution in [2.75, 3.05) is 4.72 Å². The minimum atomic E-state index is -3.78. The topological polar surface area (TPSA) is 95.1 Å². The molecule has 0 radical (unpaired) electrons. The van der Waals surface area contributed by atoms with E-state index in [1.165, 1.54) is 41.7 Å². The van der Waals surface area contributed by atoms with Crippen molar-refractivity contribution in [1.82, 2.24) is 13.9 Å². The molecular formula is C17H18N4O4S. The molecule has 0 atom stereocenters. The SMILES string of the molecule is Cc1ccc(S(=O)(=O)Nc2cccc(-n3c(=O)n(C)n(C)c3=O)c2)cc1. The lowest BCUT2D eigenvalue weighted by Gasteiger charge is -2.09. The lowest BCUT2D eigenvalue weighted by molar-refractivity contribution is 0.565. The highest BCUT2D eigenvalue weighted by atomic mass is 32.2. The van der Waals surface area contributed by atoms with E-state index >= 15 is 0 Å². The largest absolute Gasteiger partial charge is 0.351 e. The van der Waals surface area contributed by atoms with E-state index in [2.05, 4.69) is 4.72 Å². The average molecular weight is 374 g/mol. The van der Waals surface area contributed by atoms with Crippen molar-refractivity contribution in [1.29, 1.82) is 0 Å². The summed E-state index contributed by atoms with van der Waals surface area (Å²) in [6.07, 6.45) is 0. The van der Waals surface area contributed by atoms with Crippen LogP contribution in [0.15, 0.2) is 63.0 Å². The van der Waals surface area contributed by atoms with E-state index in [-0.39, 0.29) is 16.3 Å². The molecule has 9 heteroatoms. The summed E-state index contributed by atoms with van der Waals surface area (Å²) in [6.45, 7) is 1.87. The molecule has 0 fully saturated rings. The Labute approximate surface area is 150 Å². The van der Waals surface area contributed by atoms with Gasteiger partial charge in [-0.05, 0) is 37.3 Å². The molecular weight excluding hydrogens is 356 g/mol. The van der Waals surface area contributed by atoms with Crippen molar-refractivity contribution in [3.05, 3.63) is 75.1 Å². The maximum absolute atomic E-state index is 12.5. The lowest BCUT2D eigenvalue weighted by atomic mass is 10.2. The monoisotopic (exact) mass is 374 g/mol. The predicted molar refractivity (Wildman–Crippen MR) is 98.2 cm³/mol. The van der Waals surface area contributed by atoms with Gasteiger partial charge in [-0.15, -0.1) is 0 Å². The van der Waals surface area contributed by atoms with Crippen LogP contribution < -0.4 is 16.1 Å². The Morgan fingerprint density at radius 2 is 1.46 bits per heavy atom. The van der Waals surface area contributed by atoms with Gasteiger partial charge in [-0.2, -0.15) is 0 Å². The quantitative estimate of drug-likeness (QED) is 0.737. The van der Waals surface area contributed by atoms with Crippen LogP contribution in [0.2, 0.25) is 0 Å². The van der Waals surface area contributed by atoms with Gasteiger partial charge < -0.3 is 0 Å². The molecule has 8 nitrogen and oxygen atoms in total. The summed E-state index contributed by atoms with van der Waals surface area (Å²) in [5.74, 6) is 0. The second kappa shape index (κ2) is 6.34. The Kier molecular flexibility index (Phi) is 4.33. The van der Waals surface area contributed by atoms with Crippen LogP contribution in [0.4, 0.5) is 5.69 Å². The van der Waals surface area contributed by atoms with Crippen LogP contribution in [0.25, 0.3) is 5.69 Å². The molecule has 2 aromatic carbocycles. The zero-order valence-electron chi connectivity index (χ0n) is 14.5. The Hall–Kier alpha value is -3.07. The van der Waals surface area contributed by atoms with Gasteiger partial charge in [0.25, 0.3) is 10.0 Å². The number of sulfonamides is 1. The molecule has 0 saturated heterocycles. The third kappa shape index (κ3) is 3.08. The first kappa shape index (κ1) is 17.7. The summed E-state index contributed by atoms with van der Waals surface area (Å²) in [6, 6.07) is 12.6. The van der Waals surface area contributed by atoms with Gasteiger partial charge >= 0.3 is 11.4 Å². The molecule has 0 amide bonds. The number of aromatic nitrogens is 3. The smallest absolute Gasteiger partial charge is 0.280 e. The number of benzene rings is 2. The van der Waals surface area contributed by atoms with Gasteiger partial charge in [0.05, 0.1) is 16.3 Å². The number of hydrogen-bond acceptors (Lipinski definition) is 4. The van der Waals surface area contributed by atoms with Crippen LogP contribution in [0, 0.1) is 6.92 Å². The Balaban J connectivity index is 2.01. The molecule has 3 rings (SSSR count). The molecule has 0 saturated carbocycles. The van der Waals surface area contributed by atoms with E-state index in [1.54, 1.807) is 30.3 Å². The third-order valence-corrected chi connectivity index (χ3v) is 5.47. The molecule has 1 heterocycles. The maximum Gasteiger partial charge on any atom is 0.351 e. The van der Waals surface area contributed by atoms with Gasteiger partial charge in [0.2, 0.25) is 0 Å². The van der Waals surface area contributed by atoms with Gasteiger partial charge in [-0.1, -0.05) is 23.8 Å². The summed E-state index contributed by atoms with van der Waals surface area (Å²) in [5.41, 5.74) is 0.443. The van der Waals surface area contributed by atoms with Crippen molar-refractivity contribution >= 4 is 15.7 Å². The van der Waals surface area contributed by atoms with Crippen molar-refractivity contribution in [2.45, 2.75) is 11.8 Å². The second-order valence-electron chi connectivity index (χ2n) is 5.92. The van der Waals surface area contributed by atoms with Crippen molar-refractivity contribution in [3.63, 3.8) is 0 Å². The summed E-state index contributed by atoms with van der Waals surface area (Å²) >= 11 is 0. The molecule has 0 aliphatic rings. The fourth-order valence-corrected chi connectivity index (χ4v) is 3.54. The van der Waals surface area contributed by atoms with Crippen molar-refractivity contribution in [2.24, 2.45) is 14.1 Å². The van der Waals surface area contributed by atoms with Gasteiger partial charge in [0, 0.05) is 14.1 Å². The summed E-state index contributed by atoms with van der Waals surface area (Å²) in [4.78, 5) is 24.6. The van der Waals surface area contributed by atoms with Gasteiger partial charge in [-0.3, -0.25) is 4.72 Å². The molecule has 0 unspecified atom stereocenters. The first-order valence-electron chi connectivity index (χ1n) is 7.76. The standard InChI is InChI=1S/C17H18N4O4S/c1-12-7-9-15(10-8-12)26(24,25)18-13-5-4-6-14(11-13)21-16(22)19(2)20(3)17(21)23/h4-11,18H,1-3H3.